The van der Waals surface area contributed by atoms with Crippen molar-refractivity contribution in [3.63, 3.8) is 0 Å². The molecule has 0 aromatic carbocycles. The zero-order valence-corrected chi connectivity index (χ0v) is 7.15. The maximum atomic E-state index is 10.8. The summed E-state index contributed by atoms with van der Waals surface area (Å²) in [5.74, 6) is 3.71. The molecule has 0 N–H and O–H groups in total. The molecule has 3 rings (SSSR count). The van der Waals surface area contributed by atoms with Crippen LogP contribution in [0, 0.1) is 29.6 Å². The second kappa shape index (κ2) is 2.21. The third-order valence-corrected chi connectivity index (χ3v) is 4.23. The van der Waals surface area contributed by atoms with Crippen LogP contribution in [0.4, 0.5) is 0 Å². The topological polar surface area (TPSA) is 17.1 Å². The van der Waals surface area contributed by atoms with E-state index in [1.807, 2.05) is 0 Å². The predicted octanol–water partition coefficient (Wildman–Crippen LogP) is 2.03. The molecular formula is C11H14O. The van der Waals surface area contributed by atoms with Crippen molar-refractivity contribution in [3.05, 3.63) is 12.2 Å². The van der Waals surface area contributed by atoms with Crippen LogP contribution in [0.1, 0.15) is 19.3 Å². The zero-order valence-electron chi connectivity index (χ0n) is 7.15. The maximum absolute atomic E-state index is 10.8. The summed E-state index contributed by atoms with van der Waals surface area (Å²) in [6.07, 6.45) is 9.69. The number of allylic oxidation sites excluding steroid dienone is 2. The Bertz CT molecular complexity index is 243. The third-order valence-electron chi connectivity index (χ3n) is 4.23. The van der Waals surface area contributed by atoms with Crippen LogP contribution in [-0.4, -0.2) is 6.29 Å². The van der Waals surface area contributed by atoms with E-state index in [-0.39, 0.29) is 0 Å². The van der Waals surface area contributed by atoms with Crippen molar-refractivity contribution in [1.29, 1.82) is 0 Å². The van der Waals surface area contributed by atoms with Crippen LogP contribution in [0.2, 0.25) is 0 Å². The van der Waals surface area contributed by atoms with Crippen LogP contribution in [0.15, 0.2) is 12.2 Å². The fourth-order valence-electron chi connectivity index (χ4n) is 3.77. The molecule has 0 radical (unpaired) electrons. The van der Waals surface area contributed by atoms with Gasteiger partial charge in [0.05, 0.1) is 0 Å². The monoisotopic (exact) mass is 162 g/mol. The summed E-state index contributed by atoms with van der Waals surface area (Å²) in [6, 6.07) is 0. The molecule has 0 spiro atoms. The van der Waals surface area contributed by atoms with Crippen molar-refractivity contribution in [2.45, 2.75) is 19.3 Å². The molecule has 0 aliphatic heterocycles. The summed E-state index contributed by atoms with van der Waals surface area (Å²) in [7, 11) is 0. The van der Waals surface area contributed by atoms with Gasteiger partial charge in [-0.1, -0.05) is 12.2 Å². The van der Waals surface area contributed by atoms with E-state index in [0.29, 0.717) is 5.92 Å². The smallest absolute Gasteiger partial charge is 0.123 e. The summed E-state index contributed by atoms with van der Waals surface area (Å²) in [6.45, 7) is 0. The van der Waals surface area contributed by atoms with E-state index in [0.717, 1.165) is 23.7 Å². The minimum Gasteiger partial charge on any atom is -0.303 e. The molecule has 64 valence electrons. The summed E-state index contributed by atoms with van der Waals surface area (Å²) in [5, 5.41) is 0. The number of aldehydes is 1. The van der Waals surface area contributed by atoms with Gasteiger partial charge in [0.2, 0.25) is 0 Å². The predicted molar refractivity (Wildman–Crippen MR) is 46.5 cm³/mol. The van der Waals surface area contributed by atoms with Gasteiger partial charge in [0.15, 0.2) is 0 Å². The fourth-order valence-corrected chi connectivity index (χ4v) is 3.77. The van der Waals surface area contributed by atoms with Crippen LogP contribution in [-0.2, 0) is 4.79 Å². The number of hydrogen-bond acceptors (Lipinski definition) is 1. The van der Waals surface area contributed by atoms with Gasteiger partial charge in [-0.3, -0.25) is 0 Å². The van der Waals surface area contributed by atoms with Gasteiger partial charge in [0.25, 0.3) is 0 Å². The molecule has 0 amide bonds. The molecule has 0 heterocycles. The first-order chi connectivity index (χ1) is 5.90. The zero-order chi connectivity index (χ0) is 8.13. The minimum atomic E-state index is 0.413. The highest BCUT2D eigenvalue weighted by molar-refractivity contribution is 5.55. The Labute approximate surface area is 72.8 Å². The minimum absolute atomic E-state index is 0.413. The van der Waals surface area contributed by atoms with E-state index in [1.165, 1.54) is 25.5 Å². The number of fused-ring (bicyclic) bond motifs is 5. The molecule has 3 aliphatic rings. The van der Waals surface area contributed by atoms with Gasteiger partial charge in [-0.15, -0.1) is 0 Å². The number of hydrogen-bond donors (Lipinski definition) is 0. The van der Waals surface area contributed by atoms with E-state index in [1.54, 1.807) is 0 Å². The Morgan fingerprint density at radius 3 is 3.00 bits per heavy atom. The van der Waals surface area contributed by atoms with Crippen molar-refractivity contribution in [3.8, 4) is 0 Å². The lowest BCUT2D eigenvalue weighted by atomic mass is 9.76. The molecule has 2 bridgehead atoms. The normalized spacial score (nSPS) is 54.5. The fraction of sp³-hybridized carbons (Fsp3) is 0.727. The number of carbonyl (C=O) groups excluding carboxylic acids is 1. The molecule has 1 heteroatoms. The van der Waals surface area contributed by atoms with E-state index in [2.05, 4.69) is 12.2 Å². The van der Waals surface area contributed by atoms with Crippen LogP contribution in [0.3, 0.4) is 0 Å². The molecule has 3 aliphatic carbocycles. The van der Waals surface area contributed by atoms with Crippen LogP contribution >= 0.6 is 0 Å². The van der Waals surface area contributed by atoms with Gasteiger partial charge < -0.3 is 4.79 Å². The lowest BCUT2D eigenvalue weighted by molar-refractivity contribution is -0.113. The third kappa shape index (κ3) is 0.675. The molecule has 0 unspecified atom stereocenters. The summed E-state index contributed by atoms with van der Waals surface area (Å²) in [4.78, 5) is 10.8. The second-order valence-corrected chi connectivity index (χ2v) is 4.60. The standard InChI is InChI=1S/C11H14O/c12-6-8-4-7-5-11(8)10-3-1-2-9(7)10/h1-2,6-11H,3-5H2/t7-,8+,9-,10-,11-/m0/s1. The molecule has 0 aromatic heterocycles. The number of carbonyl (C=O) groups is 1. The van der Waals surface area contributed by atoms with Crippen molar-refractivity contribution >= 4 is 6.29 Å². The highest BCUT2D eigenvalue weighted by Crippen LogP contribution is 2.58. The SMILES string of the molecule is O=C[C@H]1C[C@H]2C[C@@H]1[C@H]1CC=C[C@@H]21. The van der Waals surface area contributed by atoms with Gasteiger partial charge in [-0.25, -0.2) is 0 Å². The Kier molecular flexibility index (Phi) is 1.27. The Morgan fingerprint density at radius 2 is 2.17 bits per heavy atom. The van der Waals surface area contributed by atoms with Crippen molar-refractivity contribution in [2.75, 3.05) is 0 Å². The quantitative estimate of drug-likeness (QED) is 0.426. The molecule has 0 aromatic rings. The van der Waals surface area contributed by atoms with Crippen LogP contribution in [0.5, 0.6) is 0 Å². The largest absolute Gasteiger partial charge is 0.303 e. The second-order valence-electron chi connectivity index (χ2n) is 4.60. The van der Waals surface area contributed by atoms with Crippen LogP contribution in [0.25, 0.3) is 0 Å². The van der Waals surface area contributed by atoms with Crippen molar-refractivity contribution in [2.24, 2.45) is 29.6 Å². The highest BCUT2D eigenvalue weighted by Gasteiger charge is 2.52. The van der Waals surface area contributed by atoms with E-state index in [9.17, 15) is 4.79 Å². The molecule has 2 saturated carbocycles. The van der Waals surface area contributed by atoms with Gasteiger partial charge in [-0.05, 0) is 42.9 Å². The van der Waals surface area contributed by atoms with Crippen molar-refractivity contribution in [1.82, 2.24) is 0 Å². The molecule has 12 heavy (non-hydrogen) atoms. The van der Waals surface area contributed by atoms with E-state index < -0.39 is 0 Å². The van der Waals surface area contributed by atoms with Crippen molar-refractivity contribution < 1.29 is 4.79 Å². The first kappa shape index (κ1) is 6.88. The molecule has 0 saturated heterocycles. The first-order valence-corrected chi connectivity index (χ1v) is 5.02. The lowest BCUT2D eigenvalue weighted by Crippen LogP contribution is -2.25. The highest BCUT2D eigenvalue weighted by atomic mass is 16.1. The maximum Gasteiger partial charge on any atom is 0.123 e. The molecule has 1 nitrogen and oxygen atoms in total. The van der Waals surface area contributed by atoms with E-state index >= 15 is 0 Å². The Morgan fingerprint density at radius 1 is 1.25 bits per heavy atom. The summed E-state index contributed by atoms with van der Waals surface area (Å²) >= 11 is 0. The van der Waals surface area contributed by atoms with Crippen LogP contribution < -0.4 is 0 Å². The summed E-state index contributed by atoms with van der Waals surface area (Å²) in [5.41, 5.74) is 0. The first-order valence-electron chi connectivity index (χ1n) is 5.02. The van der Waals surface area contributed by atoms with Gasteiger partial charge in [0, 0.05) is 5.92 Å². The number of rotatable bonds is 1. The van der Waals surface area contributed by atoms with E-state index in [4.69, 9.17) is 0 Å². The van der Waals surface area contributed by atoms with Gasteiger partial charge >= 0.3 is 0 Å². The lowest BCUT2D eigenvalue weighted by Gasteiger charge is -2.27. The van der Waals surface area contributed by atoms with Gasteiger partial charge in [0.1, 0.15) is 6.29 Å². The Balaban J connectivity index is 1.90. The van der Waals surface area contributed by atoms with Gasteiger partial charge in [-0.2, -0.15) is 0 Å². The average Bonchev–Trinajstić information content (AvgIpc) is 2.75. The molecular weight excluding hydrogens is 148 g/mol. The molecule has 5 atom stereocenters. The average molecular weight is 162 g/mol. The summed E-state index contributed by atoms with van der Waals surface area (Å²) < 4.78 is 0. The molecule has 2 fully saturated rings. The Hall–Kier alpha value is -0.590.